The predicted octanol–water partition coefficient (Wildman–Crippen LogP) is 0.666. The van der Waals surface area contributed by atoms with Gasteiger partial charge in [0.25, 0.3) is 0 Å². The van der Waals surface area contributed by atoms with Crippen LogP contribution in [0.2, 0.25) is 0 Å². The highest BCUT2D eigenvalue weighted by molar-refractivity contribution is 5.68. The van der Waals surface area contributed by atoms with E-state index < -0.39 is 0 Å². The Morgan fingerprint density at radius 1 is 1.50 bits per heavy atom. The molecule has 2 aromatic rings. The van der Waals surface area contributed by atoms with E-state index in [0.29, 0.717) is 5.65 Å². The number of aliphatic hydroxyl groups excluding tert-OH is 1. The minimum absolute atomic E-state index is 0.275. The number of nitrogens with one attached hydrogen (secondary N) is 1. The highest BCUT2D eigenvalue weighted by Gasteiger charge is 2.02. The van der Waals surface area contributed by atoms with Crippen molar-refractivity contribution in [3.05, 3.63) is 17.8 Å². The topological polar surface area (TPSA) is 74.7 Å². The fraction of sp³-hybridized carbons (Fsp3) is 0.444. The normalized spacial score (nSPS) is 13.3. The molecule has 0 bridgehead atoms. The van der Waals surface area contributed by atoms with E-state index in [9.17, 15) is 0 Å². The number of aryl methyl sites for hydroxylation is 1. The van der Waals surface area contributed by atoms with E-state index in [0.717, 1.165) is 23.9 Å². The molecule has 0 fully saturated rings. The molecule has 0 aliphatic rings. The molecular weight excluding hydrogens is 180 g/mol. The summed E-state index contributed by atoms with van der Waals surface area (Å²) in [5, 5.41) is 19.5. The van der Waals surface area contributed by atoms with E-state index in [1.165, 1.54) is 0 Å². The second-order valence-electron chi connectivity index (χ2n) is 3.40. The molecule has 0 saturated carbocycles. The van der Waals surface area contributed by atoms with Crippen molar-refractivity contribution >= 4 is 11.2 Å². The number of hydrogen-bond acceptors (Lipinski definition) is 4. The van der Waals surface area contributed by atoms with Crippen LogP contribution < -0.4 is 0 Å². The average Bonchev–Trinajstić information content (AvgIpc) is 2.61. The third-order valence-electron chi connectivity index (χ3n) is 2.08. The molecule has 1 atom stereocenters. The molecule has 0 spiro atoms. The maximum atomic E-state index is 9.13. The number of H-pyrrole nitrogens is 1. The van der Waals surface area contributed by atoms with Gasteiger partial charge in [-0.1, -0.05) is 0 Å². The number of fused-ring (bicyclic) bond motifs is 1. The SMILES string of the molecule is CC(O)CCc1cnc2n[nH]nc2c1. The minimum Gasteiger partial charge on any atom is -0.393 e. The third-order valence-corrected chi connectivity index (χ3v) is 2.08. The van der Waals surface area contributed by atoms with Crippen LogP contribution in [-0.2, 0) is 6.42 Å². The Bertz CT molecular complexity index is 423. The first-order valence-electron chi connectivity index (χ1n) is 4.59. The number of rotatable bonds is 3. The lowest BCUT2D eigenvalue weighted by Gasteiger charge is -2.02. The van der Waals surface area contributed by atoms with Crippen LogP contribution in [0.15, 0.2) is 12.3 Å². The summed E-state index contributed by atoms with van der Waals surface area (Å²) in [6, 6.07) is 1.94. The first kappa shape index (κ1) is 9.08. The van der Waals surface area contributed by atoms with Gasteiger partial charge in [-0.05, 0) is 31.4 Å². The number of aliphatic hydroxyl groups is 1. The highest BCUT2D eigenvalue weighted by atomic mass is 16.3. The smallest absolute Gasteiger partial charge is 0.201 e. The number of pyridine rings is 1. The van der Waals surface area contributed by atoms with Crippen molar-refractivity contribution in [1.29, 1.82) is 0 Å². The van der Waals surface area contributed by atoms with Crippen LogP contribution in [0.3, 0.4) is 0 Å². The van der Waals surface area contributed by atoms with Gasteiger partial charge in [-0.3, -0.25) is 0 Å². The molecule has 2 rings (SSSR count). The van der Waals surface area contributed by atoms with Crippen molar-refractivity contribution in [2.45, 2.75) is 25.9 Å². The zero-order valence-corrected chi connectivity index (χ0v) is 7.94. The number of aromatic nitrogens is 4. The summed E-state index contributed by atoms with van der Waals surface area (Å²) in [6.45, 7) is 1.78. The lowest BCUT2D eigenvalue weighted by Crippen LogP contribution is -2.01. The zero-order valence-electron chi connectivity index (χ0n) is 7.94. The van der Waals surface area contributed by atoms with Crippen molar-refractivity contribution in [1.82, 2.24) is 20.4 Å². The summed E-state index contributed by atoms with van der Waals surface area (Å²) < 4.78 is 0. The standard InChI is InChI=1S/C9H12N4O/c1-6(14)2-3-7-4-8-9(10-5-7)12-13-11-8/h4-6,14H,2-3H2,1H3,(H,10,11,12,13). The zero-order chi connectivity index (χ0) is 9.97. The Morgan fingerprint density at radius 2 is 2.36 bits per heavy atom. The largest absolute Gasteiger partial charge is 0.393 e. The van der Waals surface area contributed by atoms with Crippen LogP contribution in [0, 0.1) is 0 Å². The van der Waals surface area contributed by atoms with Crippen LogP contribution >= 0.6 is 0 Å². The van der Waals surface area contributed by atoms with Crippen LogP contribution in [0.25, 0.3) is 11.2 Å². The predicted molar refractivity (Wildman–Crippen MR) is 51.7 cm³/mol. The lowest BCUT2D eigenvalue weighted by atomic mass is 10.1. The number of aromatic amines is 1. The van der Waals surface area contributed by atoms with E-state index in [1.807, 2.05) is 6.07 Å². The van der Waals surface area contributed by atoms with Crippen LogP contribution in [-0.4, -0.2) is 31.6 Å². The maximum absolute atomic E-state index is 9.13. The lowest BCUT2D eigenvalue weighted by molar-refractivity contribution is 0.185. The Morgan fingerprint density at radius 3 is 3.14 bits per heavy atom. The molecule has 0 saturated heterocycles. The molecule has 5 nitrogen and oxygen atoms in total. The molecule has 14 heavy (non-hydrogen) atoms. The molecule has 0 aliphatic heterocycles. The molecule has 1 unspecified atom stereocenters. The van der Waals surface area contributed by atoms with E-state index in [2.05, 4.69) is 20.4 Å². The fourth-order valence-corrected chi connectivity index (χ4v) is 1.29. The van der Waals surface area contributed by atoms with Crippen molar-refractivity contribution in [2.24, 2.45) is 0 Å². The molecule has 0 aliphatic carbocycles. The van der Waals surface area contributed by atoms with Gasteiger partial charge in [0.15, 0.2) is 0 Å². The first-order valence-corrected chi connectivity index (χ1v) is 4.59. The van der Waals surface area contributed by atoms with E-state index in [4.69, 9.17) is 5.11 Å². The Kier molecular flexibility index (Phi) is 2.41. The van der Waals surface area contributed by atoms with E-state index >= 15 is 0 Å². The molecule has 2 N–H and O–H groups in total. The summed E-state index contributed by atoms with van der Waals surface area (Å²) in [4.78, 5) is 4.13. The van der Waals surface area contributed by atoms with Gasteiger partial charge in [-0.2, -0.15) is 10.3 Å². The van der Waals surface area contributed by atoms with Gasteiger partial charge in [0, 0.05) is 6.20 Å². The number of nitrogens with zero attached hydrogens (tertiary/aromatic N) is 3. The van der Waals surface area contributed by atoms with Crippen molar-refractivity contribution in [3.8, 4) is 0 Å². The summed E-state index contributed by atoms with van der Waals surface area (Å²) >= 11 is 0. The van der Waals surface area contributed by atoms with Crippen molar-refractivity contribution in [2.75, 3.05) is 0 Å². The van der Waals surface area contributed by atoms with Gasteiger partial charge in [-0.25, -0.2) is 4.98 Å². The van der Waals surface area contributed by atoms with Crippen LogP contribution in [0.1, 0.15) is 18.9 Å². The third kappa shape index (κ3) is 1.88. The summed E-state index contributed by atoms with van der Waals surface area (Å²) in [6.07, 6.45) is 3.05. The van der Waals surface area contributed by atoms with Gasteiger partial charge < -0.3 is 5.11 Å². The van der Waals surface area contributed by atoms with Gasteiger partial charge in [0.1, 0.15) is 5.52 Å². The molecule has 2 aromatic heterocycles. The second kappa shape index (κ2) is 3.71. The van der Waals surface area contributed by atoms with Crippen LogP contribution in [0.5, 0.6) is 0 Å². The van der Waals surface area contributed by atoms with Gasteiger partial charge in [0.2, 0.25) is 5.65 Å². The van der Waals surface area contributed by atoms with Crippen molar-refractivity contribution < 1.29 is 5.11 Å². The second-order valence-corrected chi connectivity index (χ2v) is 3.40. The molecular formula is C9H12N4O. The Balaban J connectivity index is 2.17. The molecule has 0 aromatic carbocycles. The van der Waals surface area contributed by atoms with Crippen molar-refractivity contribution in [3.63, 3.8) is 0 Å². The van der Waals surface area contributed by atoms with Crippen LogP contribution in [0.4, 0.5) is 0 Å². The van der Waals surface area contributed by atoms with Gasteiger partial charge >= 0.3 is 0 Å². The van der Waals surface area contributed by atoms with Gasteiger partial charge in [0.05, 0.1) is 6.10 Å². The highest BCUT2D eigenvalue weighted by Crippen LogP contribution is 2.09. The molecule has 5 heteroatoms. The minimum atomic E-state index is -0.275. The van der Waals surface area contributed by atoms with Gasteiger partial charge in [-0.15, -0.1) is 5.10 Å². The molecule has 0 radical (unpaired) electrons. The molecule has 74 valence electrons. The average molecular weight is 192 g/mol. The maximum Gasteiger partial charge on any atom is 0.201 e. The monoisotopic (exact) mass is 192 g/mol. The molecule has 2 heterocycles. The quantitative estimate of drug-likeness (QED) is 0.749. The Labute approximate surface area is 81.2 Å². The summed E-state index contributed by atoms with van der Waals surface area (Å²) in [7, 11) is 0. The van der Waals surface area contributed by atoms with E-state index in [-0.39, 0.29) is 6.10 Å². The molecule has 0 amide bonds. The fourth-order valence-electron chi connectivity index (χ4n) is 1.29. The summed E-state index contributed by atoms with van der Waals surface area (Å²) in [5.41, 5.74) is 2.48. The first-order chi connectivity index (χ1) is 6.75. The number of hydrogen-bond donors (Lipinski definition) is 2. The van der Waals surface area contributed by atoms with E-state index in [1.54, 1.807) is 13.1 Å². The summed E-state index contributed by atoms with van der Waals surface area (Å²) in [5.74, 6) is 0. The Hall–Kier alpha value is -1.49.